The monoisotopic (exact) mass is 369 g/mol. The fourth-order valence-electron chi connectivity index (χ4n) is 1.63. The van der Waals surface area contributed by atoms with Gasteiger partial charge in [-0.3, -0.25) is 0 Å². The van der Waals surface area contributed by atoms with Gasteiger partial charge in [-0.25, -0.2) is 8.42 Å². The Balaban J connectivity index is 2.35. The summed E-state index contributed by atoms with van der Waals surface area (Å²) >= 11 is 19.1. The van der Waals surface area contributed by atoms with Crippen molar-refractivity contribution in [3.8, 4) is 0 Å². The number of halogens is 3. The number of hydrogen-bond acceptors (Lipinski definition) is 3. The lowest BCUT2D eigenvalue weighted by atomic mass is 10.4. The quantitative estimate of drug-likeness (QED) is 0.793. The molecular formula is C12H10Cl3NO2S2. The molecule has 20 heavy (non-hydrogen) atoms. The predicted molar refractivity (Wildman–Crippen MR) is 84.4 cm³/mol. The van der Waals surface area contributed by atoms with Crippen LogP contribution in [-0.4, -0.2) is 19.8 Å². The smallest absolute Gasteiger partial charge is 0.207 e. The summed E-state index contributed by atoms with van der Waals surface area (Å²) in [7, 11) is -2.28. The van der Waals surface area contributed by atoms with Crippen LogP contribution >= 0.6 is 46.1 Å². The van der Waals surface area contributed by atoms with E-state index >= 15 is 0 Å². The maximum Gasteiger partial charge on any atom is 0.246 e. The zero-order valence-corrected chi connectivity index (χ0v) is 14.2. The van der Waals surface area contributed by atoms with Crippen LogP contribution in [0.3, 0.4) is 0 Å². The zero-order valence-electron chi connectivity index (χ0n) is 10.3. The van der Waals surface area contributed by atoms with Crippen molar-refractivity contribution in [1.82, 2.24) is 4.31 Å². The Kier molecular flexibility index (Phi) is 5.00. The summed E-state index contributed by atoms with van der Waals surface area (Å²) in [5.41, 5.74) is 0. The van der Waals surface area contributed by atoms with E-state index in [1.54, 1.807) is 18.2 Å². The highest BCUT2D eigenvalue weighted by molar-refractivity contribution is 7.89. The van der Waals surface area contributed by atoms with Gasteiger partial charge < -0.3 is 0 Å². The lowest BCUT2D eigenvalue weighted by Gasteiger charge is -2.18. The molecule has 108 valence electrons. The fraction of sp³-hybridized carbons (Fsp3) is 0.167. The van der Waals surface area contributed by atoms with Gasteiger partial charge in [0.2, 0.25) is 10.0 Å². The lowest BCUT2D eigenvalue weighted by Crippen LogP contribution is -2.26. The van der Waals surface area contributed by atoms with Crippen molar-refractivity contribution in [2.75, 3.05) is 7.05 Å². The van der Waals surface area contributed by atoms with Gasteiger partial charge in [-0.1, -0.05) is 40.9 Å². The number of hydrogen-bond donors (Lipinski definition) is 0. The summed E-state index contributed by atoms with van der Waals surface area (Å²) in [6, 6.07) is 8.10. The molecule has 0 aliphatic carbocycles. The molecule has 2 aromatic rings. The average Bonchev–Trinajstić information content (AvgIpc) is 2.74. The molecule has 0 N–H and O–H groups in total. The van der Waals surface area contributed by atoms with Crippen LogP contribution in [0.1, 0.15) is 4.88 Å². The molecule has 1 aromatic carbocycles. The number of rotatable bonds is 4. The number of sulfonamides is 1. The molecule has 0 spiro atoms. The molecule has 0 unspecified atom stereocenters. The minimum Gasteiger partial charge on any atom is -0.207 e. The number of thiophene rings is 1. The fourth-order valence-corrected chi connectivity index (χ4v) is 5.08. The van der Waals surface area contributed by atoms with Gasteiger partial charge in [0.05, 0.1) is 14.4 Å². The largest absolute Gasteiger partial charge is 0.246 e. The molecule has 0 atom stereocenters. The molecule has 8 heteroatoms. The SMILES string of the molecule is CN(Cc1ccc(Cl)s1)S(=O)(=O)c1c(Cl)cccc1Cl. The second-order valence-electron chi connectivity index (χ2n) is 4.02. The van der Waals surface area contributed by atoms with Crippen molar-refractivity contribution >= 4 is 56.2 Å². The van der Waals surface area contributed by atoms with Crippen molar-refractivity contribution in [3.05, 3.63) is 49.6 Å². The van der Waals surface area contributed by atoms with Crippen LogP contribution in [0.15, 0.2) is 35.2 Å². The van der Waals surface area contributed by atoms with Gasteiger partial charge >= 0.3 is 0 Å². The van der Waals surface area contributed by atoms with Crippen molar-refractivity contribution in [2.45, 2.75) is 11.4 Å². The van der Waals surface area contributed by atoms with Crippen molar-refractivity contribution in [2.24, 2.45) is 0 Å². The Morgan fingerprint density at radius 3 is 2.20 bits per heavy atom. The van der Waals surface area contributed by atoms with E-state index in [0.717, 1.165) is 4.88 Å². The van der Waals surface area contributed by atoms with Gasteiger partial charge in [0.1, 0.15) is 4.90 Å². The number of nitrogens with zero attached hydrogens (tertiary/aromatic N) is 1. The molecule has 0 saturated heterocycles. The minimum absolute atomic E-state index is 0.0755. The predicted octanol–water partition coefficient (Wildman–Crippen LogP) is 4.53. The first kappa shape index (κ1) is 16.1. The van der Waals surface area contributed by atoms with Gasteiger partial charge in [0.25, 0.3) is 0 Å². The summed E-state index contributed by atoms with van der Waals surface area (Å²) < 4.78 is 26.8. The molecule has 0 bridgehead atoms. The van der Waals surface area contributed by atoms with Crippen molar-refractivity contribution < 1.29 is 8.42 Å². The Labute approximate surface area is 136 Å². The Morgan fingerprint density at radius 1 is 1.10 bits per heavy atom. The Morgan fingerprint density at radius 2 is 1.70 bits per heavy atom. The van der Waals surface area contributed by atoms with E-state index in [1.165, 1.54) is 34.8 Å². The summed E-state index contributed by atoms with van der Waals surface area (Å²) in [6.07, 6.45) is 0. The standard InChI is InChI=1S/C12H10Cl3NO2S2/c1-16(7-8-5-6-11(15)19-8)20(17,18)12-9(13)3-2-4-10(12)14/h2-6H,7H2,1H3. The normalized spacial score (nSPS) is 12.1. The van der Waals surface area contributed by atoms with Gasteiger partial charge in [0.15, 0.2) is 0 Å². The maximum absolute atomic E-state index is 12.5. The van der Waals surface area contributed by atoms with Crippen LogP contribution in [0.4, 0.5) is 0 Å². The zero-order chi connectivity index (χ0) is 14.9. The van der Waals surface area contributed by atoms with E-state index in [-0.39, 0.29) is 21.5 Å². The topological polar surface area (TPSA) is 37.4 Å². The number of benzene rings is 1. The molecule has 3 nitrogen and oxygen atoms in total. The van der Waals surface area contributed by atoms with E-state index < -0.39 is 10.0 Å². The summed E-state index contributed by atoms with van der Waals surface area (Å²) in [6.45, 7) is 0.210. The highest BCUT2D eigenvalue weighted by Gasteiger charge is 2.26. The van der Waals surface area contributed by atoms with Crippen LogP contribution in [0, 0.1) is 0 Å². The van der Waals surface area contributed by atoms with Crippen molar-refractivity contribution in [3.63, 3.8) is 0 Å². The van der Waals surface area contributed by atoms with Crippen LogP contribution in [0.25, 0.3) is 0 Å². The summed E-state index contributed by atoms with van der Waals surface area (Å²) in [5.74, 6) is 0. The summed E-state index contributed by atoms with van der Waals surface area (Å²) in [5, 5.41) is 0.210. The van der Waals surface area contributed by atoms with E-state index in [9.17, 15) is 8.42 Å². The highest BCUT2D eigenvalue weighted by atomic mass is 35.5. The summed E-state index contributed by atoms with van der Waals surface area (Å²) in [4.78, 5) is 0.762. The minimum atomic E-state index is -3.76. The van der Waals surface area contributed by atoms with Gasteiger partial charge in [0, 0.05) is 18.5 Å². The third-order valence-electron chi connectivity index (χ3n) is 2.59. The second kappa shape index (κ2) is 6.22. The van der Waals surface area contributed by atoms with Crippen LogP contribution in [0.2, 0.25) is 14.4 Å². The third kappa shape index (κ3) is 3.30. The molecule has 1 heterocycles. The molecule has 0 amide bonds. The van der Waals surface area contributed by atoms with Crippen LogP contribution in [0.5, 0.6) is 0 Å². The molecule has 0 fully saturated rings. The first-order valence-electron chi connectivity index (χ1n) is 5.47. The van der Waals surface area contributed by atoms with Crippen LogP contribution < -0.4 is 0 Å². The molecule has 0 saturated carbocycles. The van der Waals surface area contributed by atoms with Gasteiger partial charge in [-0.05, 0) is 24.3 Å². The molecule has 1 aromatic heterocycles. The van der Waals surface area contributed by atoms with E-state index in [4.69, 9.17) is 34.8 Å². The van der Waals surface area contributed by atoms with Gasteiger partial charge in [-0.15, -0.1) is 11.3 Å². The molecule has 2 rings (SSSR count). The first-order valence-corrected chi connectivity index (χ1v) is 8.86. The Hall–Kier alpha value is -0.300. The van der Waals surface area contributed by atoms with E-state index in [0.29, 0.717) is 4.34 Å². The average molecular weight is 371 g/mol. The Bertz CT molecular complexity index is 708. The molecule has 0 aliphatic rings. The second-order valence-corrected chi connectivity index (χ2v) is 8.61. The maximum atomic E-state index is 12.5. The van der Waals surface area contributed by atoms with E-state index in [1.807, 2.05) is 0 Å². The first-order chi connectivity index (χ1) is 9.32. The highest BCUT2D eigenvalue weighted by Crippen LogP contribution is 2.32. The molecular weight excluding hydrogens is 361 g/mol. The third-order valence-corrected chi connectivity index (χ3v) is 6.57. The van der Waals surface area contributed by atoms with E-state index in [2.05, 4.69) is 0 Å². The van der Waals surface area contributed by atoms with Crippen molar-refractivity contribution in [1.29, 1.82) is 0 Å². The van der Waals surface area contributed by atoms with Gasteiger partial charge in [-0.2, -0.15) is 4.31 Å². The molecule has 0 radical (unpaired) electrons. The molecule has 0 aliphatic heterocycles. The van der Waals surface area contributed by atoms with Crippen LogP contribution in [-0.2, 0) is 16.6 Å². The lowest BCUT2D eigenvalue weighted by molar-refractivity contribution is 0.470.